The van der Waals surface area contributed by atoms with E-state index in [0.717, 1.165) is 35.4 Å². The zero-order valence-electron chi connectivity index (χ0n) is 13.1. The van der Waals surface area contributed by atoms with Crippen LogP contribution in [0.4, 0.5) is 0 Å². The molecule has 1 aromatic heterocycles. The van der Waals surface area contributed by atoms with Crippen LogP contribution in [0.2, 0.25) is 0 Å². The van der Waals surface area contributed by atoms with Crippen LogP contribution < -0.4 is 0 Å². The number of halogens is 2. The van der Waals surface area contributed by atoms with Crippen molar-refractivity contribution in [3.8, 4) is 0 Å². The highest BCUT2D eigenvalue weighted by Gasteiger charge is 2.10. The summed E-state index contributed by atoms with van der Waals surface area (Å²) >= 11 is 6.75. The number of aromatic nitrogens is 3. The van der Waals surface area contributed by atoms with Gasteiger partial charge >= 0.3 is 0 Å². The molecule has 0 spiro atoms. The van der Waals surface area contributed by atoms with E-state index >= 15 is 0 Å². The van der Waals surface area contributed by atoms with Crippen LogP contribution in [0.25, 0.3) is 0 Å². The predicted molar refractivity (Wildman–Crippen MR) is 102 cm³/mol. The van der Waals surface area contributed by atoms with Crippen molar-refractivity contribution in [3.63, 3.8) is 0 Å². The number of nitrogens with zero attached hydrogens (tertiary/aromatic N) is 4. The van der Waals surface area contributed by atoms with Gasteiger partial charge in [-0.05, 0) is 43.0 Å². The van der Waals surface area contributed by atoms with Gasteiger partial charge in [0.25, 0.3) is 0 Å². The highest BCUT2D eigenvalue weighted by atomic mass is 79.9. The van der Waals surface area contributed by atoms with Gasteiger partial charge in [0.15, 0.2) is 9.21 Å². The fourth-order valence-corrected chi connectivity index (χ4v) is 3.06. The van der Waals surface area contributed by atoms with Crippen LogP contribution in [0.5, 0.6) is 0 Å². The van der Waals surface area contributed by atoms with Crippen LogP contribution in [0.3, 0.4) is 0 Å². The Morgan fingerprint density at radius 3 is 1.67 bits per heavy atom. The second-order valence-corrected chi connectivity index (χ2v) is 7.06. The predicted octanol–water partition coefficient (Wildman–Crippen LogP) is 4.51. The van der Waals surface area contributed by atoms with Crippen LogP contribution >= 0.6 is 31.9 Å². The first-order valence-corrected chi connectivity index (χ1v) is 9.35. The minimum atomic E-state index is 0.736. The minimum absolute atomic E-state index is 0.736. The first-order chi connectivity index (χ1) is 11.7. The SMILES string of the molecule is Brc1nn(CCN(Cc2ccccc2)Cc2ccccc2)nc1Br. The van der Waals surface area contributed by atoms with Crippen LogP contribution in [-0.2, 0) is 19.6 Å². The molecule has 0 aliphatic rings. The van der Waals surface area contributed by atoms with Crippen LogP contribution in [0.15, 0.2) is 69.9 Å². The third-order valence-electron chi connectivity index (χ3n) is 3.69. The van der Waals surface area contributed by atoms with Gasteiger partial charge in [0.05, 0.1) is 6.54 Å². The molecular weight excluding hydrogens is 432 g/mol. The molecule has 0 unspecified atom stereocenters. The van der Waals surface area contributed by atoms with Gasteiger partial charge in [-0.1, -0.05) is 60.7 Å². The Labute approximate surface area is 158 Å². The Morgan fingerprint density at radius 1 is 0.750 bits per heavy atom. The summed E-state index contributed by atoms with van der Waals surface area (Å²) in [4.78, 5) is 4.13. The van der Waals surface area contributed by atoms with Crippen molar-refractivity contribution >= 4 is 31.9 Å². The van der Waals surface area contributed by atoms with Crippen molar-refractivity contribution < 1.29 is 0 Å². The smallest absolute Gasteiger partial charge is 0.162 e. The summed E-state index contributed by atoms with van der Waals surface area (Å²) in [5, 5.41) is 8.69. The molecule has 0 aliphatic heterocycles. The Bertz CT molecular complexity index is 698. The second kappa shape index (κ2) is 8.55. The van der Waals surface area contributed by atoms with Gasteiger partial charge in [-0.3, -0.25) is 4.90 Å². The van der Waals surface area contributed by atoms with E-state index in [4.69, 9.17) is 0 Å². The zero-order chi connectivity index (χ0) is 16.8. The molecular formula is C18H18Br2N4. The van der Waals surface area contributed by atoms with Crippen molar-refractivity contribution in [2.24, 2.45) is 0 Å². The van der Waals surface area contributed by atoms with Crippen molar-refractivity contribution in [2.45, 2.75) is 19.6 Å². The number of rotatable bonds is 7. The van der Waals surface area contributed by atoms with Crippen LogP contribution in [-0.4, -0.2) is 26.4 Å². The summed E-state index contributed by atoms with van der Waals surface area (Å²) in [6, 6.07) is 21.1. The molecule has 24 heavy (non-hydrogen) atoms. The first-order valence-electron chi connectivity index (χ1n) is 7.77. The van der Waals surface area contributed by atoms with Gasteiger partial charge < -0.3 is 0 Å². The molecule has 0 aliphatic carbocycles. The zero-order valence-corrected chi connectivity index (χ0v) is 16.3. The molecule has 4 nitrogen and oxygen atoms in total. The lowest BCUT2D eigenvalue weighted by molar-refractivity contribution is 0.236. The average molecular weight is 450 g/mol. The van der Waals surface area contributed by atoms with Gasteiger partial charge in [0.1, 0.15) is 0 Å². The summed E-state index contributed by atoms with van der Waals surface area (Å²) in [6.07, 6.45) is 0. The molecule has 0 N–H and O–H groups in total. The molecule has 3 rings (SSSR count). The molecule has 0 radical (unpaired) electrons. The highest BCUT2D eigenvalue weighted by molar-refractivity contribution is 9.13. The molecule has 6 heteroatoms. The summed E-state index contributed by atoms with van der Waals surface area (Å²) in [7, 11) is 0. The summed E-state index contributed by atoms with van der Waals surface area (Å²) in [5.41, 5.74) is 2.62. The van der Waals surface area contributed by atoms with Gasteiger partial charge in [0, 0.05) is 19.6 Å². The van der Waals surface area contributed by atoms with E-state index in [9.17, 15) is 0 Å². The summed E-state index contributed by atoms with van der Waals surface area (Å²) in [5.74, 6) is 0. The molecule has 0 amide bonds. The average Bonchev–Trinajstić information content (AvgIpc) is 2.93. The highest BCUT2D eigenvalue weighted by Crippen LogP contribution is 2.17. The van der Waals surface area contributed by atoms with Gasteiger partial charge in [-0.25, -0.2) is 0 Å². The first kappa shape index (κ1) is 17.3. The molecule has 0 atom stereocenters. The summed E-state index contributed by atoms with van der Waals surface area (Å²) in [6.45, 7) is 3.42. The molecule has 124 valence electrons. The maximum absolute atomic E-state index is 4.34. The fraction of sp³-hybridized carbons (Fsp3) is 0.222. The van der Waals surface area contributed by atoms with E-state index in [0.29, 0.717) is 0 Å². The van der Waals surface area contributed by atoms with Crippen molar-refractivity contribution in [1.82, 2.24) is 19.9 Å². The van der Waals surface area contributed by atoms with Gasteiger partial charge in [-0.2, -0.15) is 4.80 Å². The Hall–Kier alpha value is -1.50. The maximum Gasteiger partial charge on any atom is 0.162 e. The Balaban J connectivity index is 1.68. The molecule has 0 saturated carbocycles. The molecule has 0 bridgehead atoms. The maximum atomic E-state index is 4.34. The number of benzene rings is 2. The lowest BCUT2D eigenvalue weighted by atomic mass is 10.1. The van der Waals surface area contributed by atoms with Crippen LogP contribution in [0.1, 0.15) is 11.1 Å². The largest absolute Gasteiger partial charge is 0.293 e. The van der Waals surface area contributed by atoms with Crippen molar-refractivity contribution in [2.75, 3.05) is 6.54 Å². The third-order valence-corrected chi connectivity index (χ3v) is 5.29. The monoisotopic (exact) mass is 448 g/mol. The number of hydrogen-bond acceptors (Lipinski definition) is 3. The fourth-order valence-electron chi connectivity index (χ4n) is 2.54. The van der Waals surface area contributed by atoms with E-state index in [-0.39, 0.29) is 0 Å². The Morgan fingerprint density at radius 2 is 1.21 bits per heavy atom. The molecule has 0 fully saturated rings. The molecule has 1 heterocycles. The lowest BCUT2D eigenvalue weighted by Gasteiger charge is -2.22. The normalized spacial score (nSPS) is 11.1. The topological polar surface area (TPSA) is 34.0 Å². The van der Waals surface area contributed by atoms with Crippen molar-refractivity contribution in [1.29, 1.82) is 0 Å². The van der Waals surface area contributed by atoms with Crippen LogP contribution in [0, 0.1) is 0 Å². The van der Waals surface area contributed by atoms with E-state index in [1.54, 1.807) is 4.80 Å². The number of hydrogen-bond donors (Lipinski definition) is 0. The van der Waals surface area contributed by atoms with Gasteiger partial charge in [0.2, 0.25) is 0 Å². The minimum Gasteiger partial charge on any atom is -0.293 e. The van der Waals surface area contributed by atoms with E-state index in [1.807, 2.05) is 12.1 Å². The van der Waals surface area contributed by atoms with E-state index in [1.165, 1.54) is 11.1 Å². The van der Waals surface area contributed by atoms with Gasteiger partial charge in [-0.15, -0.1) is 10.2 Å². The molecule has 3 aromatic rings. The van der Waals surface area contributed by atoms with E-state index in [2.05, 4.69) is 95.5 Å². The van der Waals surface area contributed by atoms with E-state index < -0.39 is 0 Å². The quantitative estimate of drug-likeness (QED) is 0.532. The van der Waals surface area contributed by atoms with Crippen molar-refractivity contribution in [3.05, 3.63) is 81.0 Å². The Kier molecular flexibility index (Phi) is 6.18. The molecule has 0 saturated heterocycles. The summed E-state index contributed by atoms with van der Waals surface area (Å²) < 4.78 is 1.47. The molecule has 2 aromatic carbocycles. The standard InChI is InChI=1S/C18H18Br2N4/c19-17-18(20)22-24(21-17)12-11-23(13-15-7-3-1-4-8-15)14-16-9-5-2-6-10-16/h1-10H,11-14H2. The lowest BCUT2D eigenvalue weighted by Crippen LogP contribution is -2.27. The second-order valence-electron chi connectivity index (χ2n) is 5.56. The third kappa shape index (κ3) is 5.00.